The summed E-state index contributed by atoms with van der Waals surface area (Å²) < 4.78 is 0. The Morgan fingerprint density at radius 2 is 0.429 bits per heavy atom. The molecule has 0 saturated heterocycles. The molecule has 0 unspecified atom stereocenters. The van der Waals surface area contributed by atoms with Crippen molar-refractivity contribution in [3.63, 3.8) is 0 Å². The van der Waals surface area contributed by atoms with E-state index in [2.05, 4.69) is 0 Å². The molecular weight excluding hydrogens is 728 g/mol. The molecule has 0 atom stereocenters. The maximum atomic E-state index is 8.89. The van der Waals surface area contributed by atoms with Crippen LogP contribution in [-0.2, 0) is 33.9 Å². The molecule has 0 rings (SSSR count). The minimum atomic E-state index is -1.75. The molecule has 0 aliphatic rings. The number of aliphatic carboxylic acids is 3. The van der Waals surface area contributed by atoms with Gasteiger partial charge >= 0.3 is 65.1 Å². The van der Waals surface area contributed by atoms with E-state index < -0.39 is 43.3 Å². The van der Waals surface area contributed by atoms with Crippen LogP contribution in [0.4, 0.5) is 0 Å². The van der Waals surface area contributed by atoms with Crippen LogP contribution >= 0.6 is 0 Å². The van der Waals surface area contributed by atoms with Crippen molar-refractivity contribution in [2.75, 3.05) is 0 Å². The molecule has 0 heterocycles. The van der Waals surface area contributed by atoms with E-state index in [0.29, 0.717) is 0 Å². The number of hydrogen-bond acceptors (Lipinski definition) is 21. The van der Waals surface area contributed by atoms with Gasteiger partial charge in [0.25, 0.3) is 0 Å². The van der Waals surface area contributed by atoms with Crippen molar-refractivity contribution in [2.24, 2.45) is 0 Å². The fourth-order valence-electron chi connectivity index (χ4n) is 0. The van der Waals surface area contributed by atoms with Gasteiger partial charge in [-0.15, -0.1) is 0 Å². The van der Waals surface area contributed by atoms with E-state index in [1.807, 2.05) is 0 Å². The molecule has 0 spiro atoms. The van der Waals surface area contributed by atoms with Crippen molar-refractivity contribution >= 4 is 63.5 Å². The van der Waals surface area contributed by atoms with Crippen LogP contribution in [0.3, 0.4) is 0 Å². The van der Waals surface area contributed by atoms with Gasteiger partial charge in [0.1, 0.15) is 0 Å². The van der Waals surface area contributed by atoms with Gasteiger partial charge in [-0.2, -0.15) is 0 Å². The number of rotatable bonds is 0. The zero-order valence-electron chi connectivity index (χ0n) is 17.2. The fraction of sp³-hybridized carbons (Fsp3) is 0.500. The van der Waals surface area contributed by atoms with Crippen molar-refractivity contribution in [3.8, 4) is 0 Å². The molecule has 0 radical (unpaired) electrons. The molecule has 35 heavy (non-hydrogen) atoms. The Morgan fingerprint density at radius 3 is 0.429 bits per heavy atom. The van der Waals surface area contributed by atoms with E-state index in [9.17, 15) is 0 Å². The second-order valence-corrected chi connectivity index (χ2v) is 2.59. The zero-order chi connectivity index (χ0) is 28.6. The second-order valence-electron chi connectivity index (χ2n) is 2.59. The summed E-state index contributed by atoms with van der Waals surface area (Å²) >= 11 is 0. The molecule has 26 nitrogen and oxygen atoms in total. The third-order valence-electron chi connectivity index (χ3n) is 0. The van der Waals surface area contributed by atoms with Gasteiger partial charge in [-0.25, -0.2) is 0 Å². The average Bonchev–Trinajstić information content (AvgIpc) is 2.30. The maximum Gasteiger partial charge on any atom is 3.00 e. The quantitative estimate of drug-likeness (QED) is 0.127. The molecule has 0 aromatic heterocycles. The number of carboxylic acid groups (broad SMARTS) is 3. The predicted molar refractivity (Wildman–Crippen MR) is 95.4 cm³/mol. The Balaban J connectivity index is -0.0000000206. The monoisotopic (exact) mass is 735 g/mol. The normalized spacial score (nSPS) is 5.57. The number of carboxylic acids is 3. The molecule has 0 aliphatic carbocycles. The molecule has 192 valence electrons. The van der Waals surface area contributed by atoms with Gasteiger partial charge in [0.15, 0.2) is 0 Å². The van der Waals surface area contributed by atoms with Crippen LogP contribution in [0.5, 0.6) is 0 Å². The standard InChI is InChI=1S/3C2H4O2.Ga.In.5NO3.Zn/c3*1-2(3)4;;;5*2-1(3)4;/h3*1H3,(H,3,4);;;;;;;;/q;;;2*+3;5*-1;+2/p-3. The van der Waals surface area contributed by atoms with E-state index in [0.717, 1.165) is 20.8 Å². The van der Waals surface area contributed by atoms with Crippen LogP contribution in [0.25, 0.3) is 0 Å². The second kappa shape index (κ2) is 63.2. The molecule has 0 amide bonds. The fourth-order valence-corrected chi connectivity index (χ4v) is 0. The van der Waals surface area contributed by atoms with Gasteiger partial charge in [-0.1, -0.05) is 0 Å². The van der Waals surface area contributed by atoms with Gasteiger partial charge in [-0.05, 0) is 20.8 Å². The van der Waals surface area contributed by atoms with Crippen molar-refractivity contribution in [3.05, 3.63) is 76.6 Å². The number of nitrogens with zero attached hydrogens (tertiary/aromatic N) is 5. The summed E-state index contributed by atoms with van der Waals surface area (Å²) in [5.74, 6) is -3.25. The van der Waals surface area contributed by atoms with E-state index in [1.54, 1.807) is 0 Å². The van der Waals surface area contributed by atoms with E-state index in [1.165, 1.54) is 0 Å². The summed E-state index contributed by atoms with van der Waals surface area (Å²) in [5, 5.41) is 100. The molecule has 0 aromatic carbocycles. The first-order valence-corrected chi connectivity index (χ1v) is 5.46. The van der Waals surface area contributed by atoms with Crippen LogP contribution in [0, 0.1) is 76.6 Å². The smallest absolute Gasteiger partial charge is 0.550 e. The first-order chi connectivity index (χ1) is 13.9. The number of hydrogen-bond donors (Lipinski definition) is 0. The van der Waals surface area contributed by atoms with Crippen molar-refractivity contribution in [2.45, 2.75) is 20.8 Å². The maximum absolute atomic E-state index is 8.89. The summed E-state index contributed by atoms with van der Waals surface area (Å²) in [7, 11) is 0. The van der Waals surface area contributed by atoms with Crippen LogP contribution in [0.15, 0.2) is 0 Å². The van der Waals surface area contributed by atoms with Gasteiger partial charge < -0.3 is 106 Å². The minimum Gasteiger partial charge on any atom is -0.550 e. The van der Waals surface area contributed by atoms with Crippen LogP contribution in [-0.4, -0.2) is 89.0 Å². The topological polar surface area (TPSA) is 451 Å². The summed E-state index contributed by atoms with van der Waals surface area (Å²) in [6.45, 7) is 2.92. The SMILES string of the molecule is CC(=O)[O-].CC(=O)[O-].CC(=O)[O-].O=[N+]([O-])[O-].O=[N+]([O-])[O-].O=[N+]([O-])[O-].O=[N+]([O-])[O-].O=[N+]([O-])[O-].[Ga+3].[In+3].[Zn+2]. The minimum absolute atomic E-state index is 0. The average molecular weight is 737 g/mol. The Hall–Kier alpha value is -3.46. The molecule has 29 heteroatoms. The molecule has 0 aromatic rings. The summed E-state index contributed by atoms with van der Waals surface area (Å²) in [4.78, 5) is 67.9. The summed E-state index contributed by atoms with van der Waals surface area (Å²) in [6, 6.07) is 0. The van der Waals surface area contributed by atoms with E-state index in [-0.39, 0.29) is 65.1 Å². The molecule has 0 aliphatic heterocycles. The molecular formula is C6H9GaInN5O21Zn. The van der Waals surface area contributed by atoms with Crippen LogP contribution in [0.2, 0.25) is 0 Å². The predicted octanol–water partition coefficient (Wildman–Crippen LogP) is -5.69. The number of carbonyl (C=O) groups excluding carboxylic acids is 3. The molecule has 0 saturated carbocycles. The molecule has 0 bridgehead atoms. The van der Waals surface area contributed by atoms with Gasteiger partial charge in [0.2, 0.25) is 0 Å². The third-order valence-corrected chi connectivity index (χ3v) is 0. The number of carbonyl (C=O) groups is 3. The van der Waals surface area contributed by atoms with Crippen LogP contribution < -0.4 is 15.3 Å². The van der Waals surface area contributed by atoms with Gasteiger partial charge in [0.05, 0.1) is 25.4 Å². The van der Waals surface area contributed by atoms with Gasteiger partial charge in [0, 0.05) is 17.9 Å². The Morgan fingerprint density at radius 1 is 0.429 bits per heavy atom. The van der Waals surface area contributed by atoms with Crippen LogP contribution in [0.1, 0.15) is 20.8 Å². The molecule has 0 fully saturated rings. The molecule has 0 N–H and O–H groups in total. The Kier molecular flexibility index (Phi) is 126. The van der Waals surface area contributed by atoms with Crippen molar-refractivity contribution in [1.82, 2.24) is 0 Å². The largest absolute Gasteiger partial charge is 3.00 e. The van der Waals surface area contributed by atoms with Crippen molar-refractivity contribution < 1.29 is 74.6 Å². The first kappa shape index (κ1) is 69.7. The Labute approximate surface area is 234 Å². The van der Waals surface area contributed by atoms with Gasteiger partial charge in [-0.3, -0.25) is 0 Å². The third kappa shape index (κ3) is 2080. The van der Waals surface area contributed by atoms with E-state index >= 15 is 0 Å². The van der Waals surface area contributed by atoms with Crippen molar-refractivity contribution in [1.29, 1.82) is 0 Å². The Bertz CT molecular complexity index is 388. The summed E-state index contributed by atoms with van der Waals surface area (Å²) in [6.07, 6.45) is 0. The van der Waals surface area contributed by atoms with E-state index in [4.69, 9.17) is 106 Å². The zero-order valence-corrected chi connectivity index (χ0v) is 25.9. The summed E-state index contributed by atoms with van der Waals surface area (Å²) in [5.41, 5.74) is 0. The first-order valence-electron chi connectivity index (χ1n) is 5.46.